The summed E-state index contributed by atoms with van der Waals surface area (Å²) in [6.07, 6.45) is 15.4. The zero-order chi connectivity index (χ0) is 18.2. The molecule has 26 heavy (non-hydrogen) atoms. The molecule has 1 aliphatic heterocycles. The molecule has 3 heteroatoms. The van der Waals surface area contributed by atoms with Crippen LogP contribution in [0.3, 0.4) is 0 Å². The standard InChI is InChI=1S/C23H30O3/c1-21-10-6-16(25-3)14-15(21)4-5-17-18(21)7-11-22(2)19(17)8-12-23(22)13-9-20(24)26-23/h4,7,14,17,19H,5-6,8-13H2,1-3H3/t17?,19?,21-,22-,23+/m0/s1. The fourth-order valence-electron chi connectivity index (χ4n) is 7.06. The number of rotatable bonds is 1. The first-order valence-electron chi connectivity index (χ1n) is 10.3. The first kappa shape index (κ1) is 16.6. The summed E-state index contributed by atoms with van der Waals surface area (Å²) in [5, 5.41) is 0. The number of hydrogen-bond acceptors (Lipinski definition) is 3. The summed E-state index contributed by atoms with van der Waals surface area (Å²) in [5.74, 6) is 2.38. The van der Waals surface area contributed by atoms with E-state index in [4.69, 9.17) is 9.47 Å². The monoisotopic (exact) mass is 354 g/mol. The normalized spacial score (nSPS) is 46.6. The van der Waals surface area contributed by atoms with Crippen molar-refractivity contribution in [3.63, 3.8) is 0 Å². The highest BCUT2D eigenvalue weighted by molar-refractivity contribution is 5.72. The van der Waals surface area contributed by atoms with Crippen LogP contribution < -0.4 is 0 Å². The maximum absolute atomic E-state index is 11.9. The van der Waals surface area contributed by atoms with Crippen molar-refractivity contribution >= 4 is 5.97 Å². The molecule has 2 unspecified atom stereocenters. The number of carbonyl (C=O) groups excluding carboxylic acids is 1. The van der Waals surface area contributed by atoms with Gasteiger partial charge in [0, 0.05) is 23.7 Å². The lowest BCUT2D eigenvalue weighted by Gasteiger charge is -2.53. The van der Waals surface area contributed by atoms with Gasteiger partial charge in [0.15, 0.2) is 0 Å². The molecule has 0 aromatic heterocycles. The Hall–Kier alpha value is -1.51. The number of methoxy groups -OCH3 is 1. The molecule has 5 aliphatic rings. The van der Waals surface area contributed by atoms with E-state index in [-0.39, 0.29) is 22.4 Å². The Balaban J connectivity index is 1.53. The lowest BCUT2D eigenvalue weighted by Crippen LogP contribution is -2.50. The Labute approximate surface area is 156 Å². The molecule has 0 amide bonds. The molecule has 3 nitrogen and oxygen atoms in total. The van der Waals surface area contributed by atoms with Gasteiger partial charge >= 0.3 is 5.97 Å². The fraction of sp³-hybridized carbons (Fsp3) is 0.696. The highest BCUT2D eigenvalue weighted by Crippen LogP contribution is 2.67. The van der Waals surface area contributed by atoms with Crippen molar-refractivity contribution in [1.29, 1.82) is 0 Å². The maximum atomic E-state index is 11.9. The highest BCUT2D eigenvalue weighted by Gasteiger charge is 2.65. The molecule has 1 heterocycles. The van der Waals surface area contributed by atoms with E-state index in [0.29, 0.717) is 18.3 Å². The Bertz CT molecular complexity index is 759. The van der Waals surface area contributed by atoms with E-state index in [2.05, 4.69) is 32.1 Å². The summed E-state index contributed by atoms with van der Waals surface area (Å²) in [5.41, 5.74) is 3.18. The van der Waals surface area contributed by atoms with Gasteiger partial charge in [-0.2, -0.15) is 0 Å². The third kappa shape index (κ3) is 1.92. The molecule has 0 aromatic rings. The average molecular weight is 354 g/mol. The van der Waals surface area contributed by atoms with Gasteiger partial charge in [-0.25, -0.2) is 0 Å². The summed E-state index contributed by atoms with van der Waals surface area (Å²) in [7, 11) is 1.78. The first-order valence-corrected chi connectivity index (χ1v) is 10.3. The van der Waals surface area contributed by atoms with Crippen molar-refractivity contribution < 1.29 is 14.3 Å². The van der Waals surface area contributed by atoms with Crippen LogP contribution in [0.15, 0.2) is 35.1 Å². The molecule has 0 N–H and O–H groups in total. The minimum absolute atomic E-state index is 0.0175. The van der Waals surface area contributed by atoms with E-state index in [1.165, 1.54) is 12.0 Å². The van der Waals surface area contributed by atoms with Gasteiger partial charge in [-0.05, 0) is 62.0 Å². The van der Waals surface area contributed by atoms with Crippen LogP contribution in [0.5, 0.6) is 0 Å². The summed E-state index contributed by atoms with van der Waals surface area (Å²) < 4.78 is 11.5. The minimum Gasteiger partial charge on any atom is -0.501 e. The summed E-state index contributed by atoms with van der Waals surface area (Å²) >= 11 is 0. The lowest BCUT2D eigenvalue weighted by atomic mass is 9.52. The van der Waals surface area contributed by atoms with Crippen LogP contribution in [-0.2, 0) is 14.3 Å². The van der Waals surface area contributed by atoms with E-state index in [1.807, 2.05) is 0 Å². The smallest absolute Gasteiger partial charge is 0.306 e. The van der Waals surface area contributed by atoms with Crippen LogP contribution in [0, 0.1) is 22.7 Å². The van der Waals surface area contributed by atoms with Gasteiger partial charge in [0.25, 0.3) is 0 Å². The lowest BCUT2D eigenvalue weighted by molar-refractivity contribution is -0.160. The average Bonchev–Trinajstić information content (AvgIpc) is 3.15. The second kappa shape index (κ2) is 5.27. The van der Waals surface area contributed by atoms with Crippen LogP contribution in [-0.4, -0.2) is 18.7 Å². The number of carbonyl (C=O) groups is 1. The van der Waals surface area contributed by atoms with Crippen LogP contribution >= 0.6 is 0 Å². The van der Waals surface area contributed by atoms with Crippen LogP contribution in [0.4, 0.5) is 0 Å². The van der Waals surface area contributed by atoms with E-state index in [1.54, 1.807) is 12.7 Å². The van der Waals surface area contributed by atoms with Crippen molar-refractivity contribution in [2.24, 2.45) is 22.7 Å². The SMILES string of the molecule is COC1=CC2=CCC3C(=CC[C@@]4(C)C3CC[C@@]43CCC(=O)O3)[C@@]2(C)CC1. The van der Waals surface area contributed by atoms with Crippen molar-refractivity contribution in [1.82, 2.24) is 0 Å². The van der Waals surface area contributed by atoms with Gasteiger partial charge in [-0.15, -0.1) is 0 Å². The zero-order valence-electron chi connectivity index (χ0n) is 16.3. The molecule has 5 rings (SSSR count). The Morgan fingerprint density at radius 3 is 2.73 bits per heavy atom. The molecule has 1 saturated heterocycles. The minimum atomic E-state index is -0.197. The summed E-state index contributed by atoms with van der Waals surface area (Å²) in [6.45, 7) is 4.84. The molecule has 5 atom stereocenters. The van der Waals surface area contributed by atoms with E-state index in [0.717, 1.165) is 44.3 Å². The number of esters is 1. The highest BCUT2D eigenvalue weighted by atomic mass is 16.6. The Morgan fingerprint density at radius 1 is 1.15 bits per heavy atom. The van der Waals surface area contributed by atoms with Crippen molar-refractivity contribution in [3.8, 4) is 0 Å². The van der Waals surface area contributed by atoms with Gasteiger partial charge in [0.1, 0.15) is 5.60 Å². The largest absolute Gasteiger partial charge is 0.501 e. The van der Waals surface area contributed by atoms with Gasteiger partial charge in [-0.3, -0.25) is 4.79 Å². The molecule has 0 radical (unpaired) electrons. The molecule has 140 valence electrons. The Kier molecular flexibility index (Phi) is 3.37. The fourth-order valence-corrected chi connectivity index (χ4v) is 7.06. The van der Waals surface area contributed by atoms with Gasteiger partial charge in [0.05, 0.1) is 12.9 Å². The second-order valence-electron chi connectivity index (χ2n) is 9.54. The molecule has 2 fully saturated rings. The van der Waals surface area contributed by atoms with Crippen molar-refractivity contribution in [2.75, 3.05) is 7.11 Å². The van der Waals surface area contributed by atoms with E-state index >= 15 is 0 Å². The quantitative estimate of drug-likeness (QED) is 0.486. The van der Waals surface area contributed by atoms with E-state index in [9.17, 15) is 4.79 Å². The maximum Gasteiger partial charge on any atom is 0.306 e. The molecular weight excluding hydrogens is 324 g/mol. The number of allylic oxidation sites excluding steroid dienone is 6. The molecular formula is C23H30O3. The second-order valence-corrected chi connectivity index (χ2v) is 9.54. The van der Waals surface area contributed by atoms with Crippen LogP contribution in [0.2, 0.25) is 0 Å². The summed E-state index contributed by atoms with van der Waals surface area (Å²) in [6, 6.07) is 0. The third-order valence-electron chi connectivity index (χ3n) is 8.71. The number of ether oxygens (including phenoxy) is 2. The van der Waals surface area contributed by atoms with Crippen molar-refractivity contribution in [2.45, 2.75) is 70.8 Å². The molecule has 4 aliphatic carbocycles. The zero-order valence-corrected chi connectivity index (χ0v) is 16.3. The topological polar surface area (TPSA) is 35.5 Å². The first-order chi connectivity index (χ1) is 12.4. The summed E-state index contributed by atoms with van der Waals surface area (Å²) in [4.78, 5) is 11.9. The number of fused-ring (bicyclic) bond motifs is 6. The predicted octanol–water partition coefficient (Wildman–Crippen LogP) is 5.09. The van der Waals surface area contributed by atoms with Crippen LogP contribution in [0.1, 0.15) is 65.2 Å². The number of hydrogen-bond donors (Lipinski definition) is 0. The van der Waals surface area contributed by atoms with Crippen LogP contribution in [0.25, 0.3) is 0 Å². The van der Waals surface area contributed by atoms with Gasteiger partial charge in [-0.1, -0.05) is 31.6 Å². The third-order valence-corrected chi connectivity index (χ3v) is 8.71. The van der Waals surface area contributed by atoms with E-state index < -0.39 is 0 Å². The van der Waals surface area contributed by atoms with Crippen molar-refractivity contribution in [3.05, 3.63) is 35.1 Å². The Morgan fingerprint density at radius 2 is 2.00 bits per heavy atom. The molecule has 1 saturated carbocycles. The van der Waals surface area contributed by atoms with Gasteiger partial charge in [0.2, 0.25) is 0 Å². The molecule has 0 aromatic carbocycles. The predicted molar refractivity (Wildman–Crippen MR) is 100 cm³/mol. The molecule has 0 bridgehead atoms. The van der Waals surface area contributed by atoms with Gasteiger partial charge < -0.3 is 9.47 Å². The molecule has 1 spiro atoms.